The first-order chi connectivity index (χ1) is 8.61. The van der Waals surface area contributed by atoms with Crippen molar-refractivity contribution in [3.8, 4) is 11.8 Å². The zero-order valence-corrected chi connectivity index (χ0v) is 11.3. The summed E-state index contributed by atoms with van der Waals surface area (Å²) in [5.41, 5.74) is 0.230. The normalized spacial score (nSPS) is 22.4. The van der Waals surface area contributed by atoms with Gasteiger partial charge in [0.15, 0.2) is 0 Å². The molecule has 94 valence electrons. The van der Waals surface area contributed by atoms with Crippen LogP contribution in [0.4, 0.5) is 0 Å². The Morgan fingerprint density at radius 1 is 1.50 bits per heavy atom. The molecule has 2 N–H and O–H groups in total. The van der Waals surface area contributed by atoms with Crippen molar-refractivity contribution in [1.29, 1.82) is 5.26 Å². The number of benzene rings is 1. The van der Waals surface area contributed by atoms with Gasteiger partial charge in [-0.3, -0.25) is 4.79 Å². The first kappa shape index (κ1) is 12.9. The highest BCUT2D eigenvalue weighted by Gasteiger charge is 2.29. The van der Waals surface area contributed by atoms with Crippen molar-refractivity contribution in [3.63, 3.8) is 0 Å². The minimum atomic E-state index is -0.332. The number of hydrogen-bond donors (Lipinski definition) is 2. The van der Waals surface area contributed by atoms with Crippen LogP contribution in [0.1, 0.15) is 29.6 Å². The zero-order valence-electron chi connectivity index (χ0n) is 9.69. The second-order valence-electron chi connectivity index (χ2n) is 4.41. The van der Waals surface area contributed by atoms with Gasteiger partial charge in [0.2, 0.25) is 0 Å². The highest BCUT2D eigenvalue weighted by molar-refractivity contribution is 9.10. The molecule has 2 rings (SSSR count). The van der Waals surface area contributed by atoms with Gasteiger partial charge in [0.1, 0.15) is 5.75 Å². The Morgan fingerprint density at radius 2 is 2.28 bits per heavy atom. The maximum Gasteiger partial charge on any atom is 0.255 e. The molecule has 4 nitrogen and oxygen atoms in total. The number of aromatic hydroxyl groups is 1. The van der Waals surface area contributed by atoms with Crippen LogP contribution in [0.2, 0.25) is 0 Å². The third kappa shape index (κ3) is 2.65. The van der Waals surface area contributed by atoms with Crippen molar-refractivity contribution in [2.45, 2.75) is 25.3 Å². The number of rotatable bonds is 2. The molecule has 0 spiro atoms. The minimum absolute atomic E-state index is 0.0535. The molecule has 2 unspecified atom stereocenters. The van der Waals surface area contributed by atoms with Crippen molar-refractivity contribution in [1.82, 2.24) is 5.32 Å². The summed E-state index contributed by atoms with van der Waals surface area (Å²) in [5, 5.41) is 21.4. The largest absolute Gasteiger partial charge is 0.507 e. The zero-order chi connectivity index (χ0) is 13.1. The summed E-state index contributed by atoms with van der Waals surface area (Å²) >= 11 is 3.26. The average molecular weight is 309 g/mol. The molecular weight excluding hydrogens is 296 g/mol. The van der Waals surface area contributed by atoms with Crippen LogP contribution >= 0.6 is 15.9 Å². The fraction of sp³-hybridized carbons (Fsp3) is 0.385. The molecule has 18 heavy (non-hydrogen) atoms. The number of phenolic OH excluding ortho intramolecular Hbond substituents is 1. The van der Waals surface area contributed by atoms with Crippen molar-refractivity contribution < 1.29 is 9.90 Å². The number of halogens is 1. The lowest BCUT2D eigenvalue weighted by molar-refractivity contribution is 0.0930. The van der Waals surface area contributed by atoms with E-state index in [0.717, 1.165) is 23.7 Å². The molecule has 0 bridgehead atoms. The molecule has 0 aromatic heterocycles. The summed E-state index contributed by atoms with van der Waals surface area (Å²) in [6.07, 6.45) is 2.60. The molecule has 1 saturated carbocycles. The Bertz CT molecular complexity index is 510. The maximum absolute atomic E-state index is 12.0. The highest BCUT2D eigenvalue weighted by Crippen LogP contribution is 2.26. The van der Waals surface area contributed by atoms with Gasteiger partial charge in [-0.25, -0.2) is 0 Å². The molecule has 1 aromatic rings. The first-order valence-corrected chi connectivity index (χ1v) is 6.60. The lowest BCUT2D eigenvalue weighted by Gasteiger charge is -2.16. The molecule has 1 amide bonds. The summed E-state index contributed by atoms with van der Waals surface area (Å²) in [4.78, 5) is 12.0. The van der Waals surface area contributed by atoms with E-state index in [9.17, 15) is 9.90 Å². The number of nitrogens with zero attached hydrogens (tertiary/aromatic N) is 1. The standard InChI is InChI=1S/C13H13BrN2O2/c14-9-4-5-12(17)10(6-9)13(18)16-11-3-1-2-8(11)7-15/h4-6,8,11,17H,1-3H2,(H,16,18). The van der Waals surface area contributed by atoms with E-state index in [1.807, 2.05) is 0 Å². The van der Waals surface area contributed by atoms with Gasteiger partial charge in [-0.2, -0.15) is 5.26 Å². The van der Waals surface area contributed by atoms with Gasteiger partial charge in [-0.1, -0.05) is 15.9 Å². The molecule has 1 aromatic carbocycles. The smallest absolute Gasteiger partial charge is 0.255 e. The highest BCUT2D eigenvalue weighted by atomic mass is 79.9. The van der Waals surface area contributed by atoms with Crippen molar-refractivity contribution >= 4 is 21.8 Å². The number of nitriles is 1. The SMILES string of the molecule is N#CC1CCCC1NC(=O)c1cc(Br)ccc1O. The van der Waals surface area contributed by atoms with E-state index in [1.165, 1.54) is 6.07 Å². The van der Waals surface area contributed by atoms with Crippen LogP contribution in [-0.4, -0.2) is 17.1 Å². The lowest BCUT2D eigenvalue weighted by atomic mass is 10.1. The summed E-state index contributed by atoms with van der Waals surface area (Å²) < 4.78 is 0.730. The number of phenols is 1. The van der Waals surface area contributed by atoms with Crippen LogP contribution in [0.15, 0.2) is 22.7 Å². The van der Waals surface area contributed by atoms with Gasteiger partial charge in [0, 0.05) is 10.5 Å². The first-order valence-electron chi connectivity index (χ1n) is 5.81. The monoisotopic (exact) mass is 308 g/mol. The number of carbonyl (C=O) groups excluding carboxylic acids is 1. The summed E-state index contributed by atoms with van der Waals surface area (Å²) in [5.74, 6) is -0.508. The second kappa shape index (κ2) is 5.40. The Labute approximate surface area is 114 Å². The fourth-order valence-electron chi connectivity index (χ4n) is 2.22. The Hall–Kier alpha value is -1.54. The van der Waals surface area contributed by atoms with Gasteiger partial charge < -0.3 is 10.4 Å². The fourth-order valence-corrected chi connectivity index (χ4v) is 2.58. The van der Waals surface area contributed by atoms with Gasteiger partial charge >= 0.3 is 0 Å². The van der Waals surface area contributed by atoms with Crippen LogP contribution in [-0.2, 0) is 0 Å². The molecule has 0 aliphatic heterocycles. The number of amides is 1. The predicted octanol–water partition coefficient (Wildman–Crippen LogP) is 2.58. The second-order valence-corrected chi connectivity index (χ2v) is 5.32. The number of nitrogens with one attached hydrogen (secondary N) is 1. The van der Waals surface area contributed by atoms with E-state index in [2.05, 4.69) is 27.3 Å². The Morgan fingerprint density at radius 3 is 3.00 bits per heavy atom. The van der Waals surface area contributed by atoms with E-state index in [0.29, 0.717) is 0 Å². The molecule has 1 fully saturated rings. The van der Waals surface area contributed by atoms with Crippen LogP contribution < -0.4 is 5.32 Å². The minimum Gasteiger partial charge on any atom is -0.507 e. The van der Waals surface area contributed by atoms with Gasteiger partial charge in [-0.15, -0.1) is 0 Å². The summed E-state index contributed by atoms with van der Waals surface area (Å²) in [7, 11) is 0. The molecule has 1 aliphatic rings. The van der Waals surface area contributed by atoms with Crippen molar-refractivity contribution in [3.05, 3.63) is 28.2 Å². The molecule has 0 saturated heterocycles. The molecule has 0 radical (unpaired) electrons. The van der Waals surface area contributed by atoms with E-state index >= 15 is 0 Å². The van der Waals surface area contributed by atoms with Crippen LogP contribution in [0, 0.1) is 17.2 Å². The number of hydrogen-bond acceptors (Lipinski definition) is 3. The van der Waals surface area contributed by atoms with Crippen molar-refractivity contribution in [2.75, 3.05) is 0 Å². The van der Waals surface area contributed by atoms with Gasteiger partial charge in [0.05, 0.1) is 17.6 Å². The van der Waals surface area contributed by atoms with Crippen LogP contribution in [0.5, 0.6) is 5.75 Å². The van der Waals surface area contributed by atoms with Gasteiger partial charge in [0.25, 0.3) is 5.91 Å². The van der Waals surface area contributed by atoms with Crippen molar-refractivity contribution in [2.24, 2.45) is 5.92 Å². The van der Waals surface area contributed by atoms with Crippen LogP contribution in [0.25, 0.3) is 0 Å². The summed E-state index contributed by atoms with van der Waals surface area (Å²) in [6.45, 7) is 0. The predicted molar refractivity (Wildman–Crippen MR) is 70.0 cm³/mol. The molecule has 2 atom stereocenters. The van der Waals surface area contributed by atoms with E-state index in [1.54, 1.807) is 12.1 Å². The van der Waals surface area contributed by atoms with Crippen LogP contribution in [0.3, 0.4) is 0 Å². The lowest BCUT2D eigenvalue weighted by Crippen LogP contribution is -2.36. The third-order valence-corrected chi connectivity index (χ3v) is 3.69. The average Bonchev–Trinajstić information content (AvgIpc) is 2.79. The molecule has 0 heterocycles. The quantitative estimate of drug-likeness (QED) is 0.882. The van der Waals surface area contributed by atoms with Gasteiger partial charge in [-0.05, 0) is 37.5 Å². The third-order valence-electron chi connectivity index (χ3n) is 3.20. The maximum atomic E-state index is 12.0. The Kier molecular flexibility index (Phi) is 3.87. The van der Waals surface area contributed by atoms with E-state index in [-0.39, 0.29) is 29.2 Å². The molecular formula is C13H13BrN2O2. The topological polar surface area (TPSA) is 73.1 Å². The number of carbonyl (C=O) groups is 1. The Balaban J connectivity index is 2.13. The summed E-state index contributed by atoms with van der Waals surface area (Å²) in [6, 6.07) is 6.80. The van der Waals surface area contributed by atoms with E-state index < -0.39 is 0 Å². The van der Waals surface area contributed by atoms with E-state index in [4.69, 9.17) is 5.26 Å². The molecule has 5 heteroatoms. The molecule has 1 aliphatic carbocycles.